The summed E-state index contributed by atoms with van der Waals surface area (Å²) in [6.07, 6.45) is 0.960. The number of methoxy groups -OCH3 is 1. The predicted octanol–water partition coefficient (Wildman–Crippen LogP) is 1.63. The lowest BCUT2D eigenvalue weighted by molar-refractivity contribution is 0.0561. The number of ether oxygens (including phenoxy) is 2. The minimum absolute atomic E-state index is 0.365. The van der Waals surface area contributed by atoms with Crippen LogP contribution in [0.4, 0.5) is 0 Å². The highest BCUT2D eigenvalue weighted by molar-refractivity contribution is 6.60. The van der Waals surface area contributed by atoms with E-state index in [0.717, 1.165) is 45.4 Å². The van der Waals surface area contributed by atoms with Crippen molar-refractivity contribution in [3.05, 3.63) is 0 Å². The van der Waals surface area contributed by atoms with Gasteiger partial charge >= 0.3 is 8.80 Å². The number of hydrogen-bond acceptors (Lipinski definition) is 6. The molecule has 0 spiro atoms. The zero-order valence-corrected chi connectivity index (χ0v) is 15.5. The van der Waals surface area contributed by atoms with Crippen molar-refractivity contribution in [3.63, 3.8) is 0 Å². The van der Waals surface area contributed by atoms with Crippen LogP contribution in [0.25, 0.3) is 0 Å². The molecule has 0 saturated heterocycles. The van der Waals surface area contributed by atoms with Crippen LogP contribution in [0.15, 0.2) is 0 Å². The van der Waals surface area contributed by atoms with E-state index in [2.05, 4.69) is 11.8 Å². The molecule has 6 nitrogen and oxygen atoms in total. The molecule has 0 fully saturated rings. The molecule has 7 heteroatoms. The number of nitrogens with zero attached hydrogens (tertiary/aromatic N) is 1. The van der Waals surface area contributed by atoms with Gasteiger partial charge in [-0.25, -0.2) is 0 Å². The second-order valence-corrected chi connectivity index (χ2v) is 8.03. The number of rotatable bonds is 14. The second kappa shape index (κ2) is 12.5. The van der Waals surface area contributed by atoms with Crippen molar-refractivity contribution in [3.8, 4) is 0 Å². The Kier molecular flexibility index (Phi) is 12.5. The van der Waals surface area contributed by atoms with Crippen molar-refractivity contribution in [1.82, 2.24) is 4.90 Å². The largest absolute Gasteiger partial charge is 0.500 e. The Balaban J connectivity index is 4.33. The average Bonchev–Trinajstić information content (AvgIpc) is 2.52. The van der Waals surface area contributed by atoms with Gasteiger partial charge in [0.25, 0.3) is 0 Å². The summed E-state index contributed by atoms with van der Waals surface area (Å²) < 4.78 is 27.1. The van der Waals surface area contributed by atoms with E-state index in [9.17, 15) is 0 Å². The maximum Gasteiger partial charge on any atom is 0.500 e. The molecule has 0 aromatic heterocycles. The molecule has 0 aliphatic carbocycles. The molecule has 0 bridgehead atoms. The lowest BCUT2D eigenvalue weighted by Gasteiger charge is -2.30. The van der Waals surface area contributed by atoms with Gasteiger partial charge in [0.2, 0.25) is 0 Å². The minimum atomic E-state index is -2.46. The van der Waals surface area contributed by atoms with E-state index in [1.165, 1.54) is 0 Å². The summed E-state index contributed by atoms with van der Waals surface area (Å²) in [4.78, 5) is 2.37. The average molecular weight is 324 g/mol. The van der Waals surface area contributed by atoms with Gasteiger partial charge in [0.05, 0.1) is 13.2 Å². The highest BCUT2D eigenvalue weighted by atomic mass is 28.4. The van der Waals surface area contributed by atoms with E-state index in [1.54, 1.807) is 28.4 Å². The molecule has 0 aliphatic heterocycles. The molecule has 0 rings (SSSR count). The first-order valence-electron chi connectivity index (χ1n) is 7.55. The maximum atomic E-state index is 5.52. The van der Waals surface area contributed by atoms with E-state index in [-0.39, 0.29) is 0 Å². The summed E-state index contributed by atoms with van der Waals surface area (Å²) >= 11 is 0. The van der Waals surface area contributed by atoms with Gasteiger partial charge in [-0.15, -0.1) is 0 Å². The van der Waals surface area contributed by atoms with Crippen LogP contribution < -0.4 is 0 Å². The summed E-state index contributed by atoms with van der Waals surface area (Å²) in [6, 6.07) is 1.17. The Morgan fingerprint density at radius 3 is 2.10 bits per heavy atom. The molecule has 0 amide bonds. The zero-order chi connectivity index (χ0) is 16.1. The normalized spacial score (nSPS) is 13.9. The molecule has 0 N–H and O–H groups in total. The minimum Gasteiger partial charge on any atom is -0.383 e. The zero-order valence-electron chi connectivity index (χ0n) is 14.5. The third-order valence-electron chi connectivity index (χ3n) is 3.63. The van der Waals surface area contributed by atoms with Gasteiger partial charge in [-0.2, -0.15) is 0 Å². The summed E-state index contributed by atoms with van der Waals surface area (Å²) in [7, 11) is 4.22. The Labute approximate surface area is 131 Å². The first-order valence-corrected chi connectivity index (χ1v) is 9.48. The molecule has 0 aliphatic rings. The van der Waals surface area contributed by atoms with Crippen molar-refractivity contribution in [2.24, 2.45) is 0 Å². The lowest BCUT2D eigenvalue weighted by Crippen LogP contribution is -2.44. The van der Waals surface area contributed by atoms with E-state index in [1.807, 2.05) is 6.92 Å². The van der Waals surface area contributed by atoms with Crippen molar-refractivity contribution in [1.29, 1.82) is 0 Å². The molecule has 0 heterocycles. The van der Waals surface area contributed by atoms with Crippen LogP contribution in [-0.4, -0.2) is 81.1 Å². The van der Waals surface area contributed by atoms with Crippen LogP contribution in [-0.2, 0) is 22.8 Å². The third kappa shape index (κ3) is 8.25. The van der Waals surface area contributed by atoms with Crippen LogP contribution >= 0.6 is 0 Å². The van der Waals surface area contributed by atoms with Crippen LogP contribution in [0.5, 0.6) is 0 Å². The first-order chi connectivity index (χ1) is 10.1. The lowest BCUT2D eigenvalue weighted by atomic mass is 10.2. The fourth-order valence-electron chi connectivity index (χ4n) is 2.21. The molecule has 0 aromatic rings. The standard InChI is InChI=1S/C14H33NO5Si/c1-7-20-13-14(2)15(10-11-16-3)9-8-12-21(17-4,18-5)19-6/h14H,7-13H2,1-6H3. The number of hydrogen-bond donors (Lipinski definition) is 0. The summed E-state index contributed by atoms with van der Waals surface area (Å²) in [5.74, 6) is 0. The molecule has 0 saturated carbocycles. The highest BCUT2D eigenvalue weighted by Gasteiger charge is 2.37. The van der Waals surface area contributed by atoms with Crippen molar-refractivity contribution in [2.45, 2.75) is 32.4 Å². The Hall–Kier alpha value is -0.0231. The van der Waals surface area contributed by atoms with E-state index in [0.29, 0.717) is 6.04 Å². The van der Waals surface area contributed by atoms with Gasteiger partial charge in [-0.05, 0) is 26.8 Å². The Morgan fingerprint density at radius 2 is 1.62 bits per heavy atom. The van der Waals surface area contributed by atoms with E-state index in [4.69, 9.17) is 22.8 Å². The molecule has 0 radical (unpaired) electrons. The van der Waals surface area contributed by atoms with Crippen LogP contribution in [0, 0.1) is 0 Å². The third-order valence-corrected chi connectivity index (χ3v) is 6.46. The van der Waals surface area contributed by atoms with Gasteiger partial charge in [-0.3, -0.25) is 4.90 Å². The van der Waals surface area contributed by atoms with Crippen molar-refractivity contribution >= 4 is 8.80 Å². The summed E-state index contributed by atoms with van der Waals surface area (Å²) in [6.45, 7) is 8.24. The first kappa shape index (κ1) is 21.0. The predicted molar refractivity (Wildman–Crippen MR) is 85.6 cm³/mol. The Morgan fingerprint density at radius 1 is 1.00 bits per heavy atom. The van der Waals surface area contributed by atoms with Crippen LogP contribution in [0.1, 0.15) is 20.3 Å². The molecule has 128 valence electrons. The summed E-state index contributed by atoms with van der Waals surface area (Å²) in [5.41, 5.74) is 0. The fourth-order valence-corrected chi connectivity index (χ4v) is 3.91. The quantitative estimate of drug-likeness (QED) is 0.453. The Bertz CT molecular complexity index is 233. The van der Waals surface area contributed by atoms with Gasteiger partial charge in [0.1, 0.15) is 0 Å². The molecule has 1 atom stereocenters. The van der Waals surface area contributed by atoms with Gasteiger partial charge in [-0.1, -0.05) is 0 Å². The van der Waals surface area contributed by atoms with Crippen LogP contribution in [0.2, 0.25) is 6.04 Å². The van der Waals surface area contributed by atoms with E-state index >= 15 is 0 Å². The van der Waals surface area contributed by atoms with Gasteiger partial charge < -0.3 is 22.8 Å². The SMILES string of the molecule is CCOCC(C)N(CCC[Si](OC)(OC)OC)CCOC. The molecule has 21 heavy (non-hydrogen) atoms. The van der Waals surface area contributed by atoms with Gasteiger partial charge in [0.15, 0.2) is 0 Å². The molecular weight excluding hydrogens is 290 g/mol. The van der Waals surface area contributed by atoms with Crippen LogP contribution in [0.3, 0.4) is 0 Å². The van der Waals surface area contributed by atoms with Gasteiger partial charge in [0, 0.05) is 53.7 Å². The maximum absolute atomic E-state index is 5.52. The van der Waals surface area contributed by atoms with Crippen molar-refractivity contribution in [2.75, 3.05) is 61.3 Å². The van der Waals surface area contributed by atoms with Crippen molar-refractivity contribution < 1.29 is 22.8 Å². The second-order valence-electron chi connectivity index (χ2n) is 4.94. The monoisotopic (exact) mass is 323 g/mol. The molecule has 0 aromatic carbocycles. The fraction of sp³-hybridized carbons (Fsp3) is 1.00. The topological polar surface area (TPSA) is 49.4 Å². The highest BCUT2D eigenvalue weighted by Crippen LogP contribution is 2.16. The molecular formula is C14H33NO5Si. The summed E-state index contributed by atoms with van der Waals surface area (Å²) in [5, 5.41) is 0. The van der Waals surface area contributed by atoms with E-state index < -0.39 is 8.80 Å². The smallest absolute Gasteiger partial charge is 0.383 e. The molecule has 1 unspecified atom stereocenters.